The highest BCUT2D eigenvalue weighted by Gasteiger charge is 2.25. The van der Waals surface area contributed by atoms with Crippen LogP contribution in [0.15, 0.2) is 0 Å². The molecule has 2 N–H and O–H groups in total. The van der Waals surface area contributed by atoms with Crippen LogP contribution in [-0.2, 0) is 14.8 Å². The van der Waals surface area contributed by atoms with Gasteiger partial charge in [0.2, 0.25) is 10.0 Å². The molecule has 0 aliphatic heterocycles. The topological polar surface area (TPSA) is 67.4 Å². The number of hydrogen-bond acceptors (Lipinski definition) is 4. The van der Waals surface area contributed by atoms with Crippen molar-refractivity contribution in [1.29, 1.82) is 0 Å². The lowest BCUT2D eigenvalue weighted by Gasteiger charge is -2.14. The van der Waals surface area contributed by atoms with Crippen LogP contribution in [0.4, 0.5) is 0 Å². The molecule has 1 aliphatic carbocycles. The Morgan fingerprint density at radius 3 is 2.47 bits per heavy atom. The van der Waals surface area contributed by atoms with Crippen molar-refractivity contribution in [1.82, 2.24) is 10.0 Å². The minimum absolute atomic E-state index is 0.355. The second-order valence-corrected chi connectivity index (χ2v) is 7.91. The van der Waals surface area contributed by atoms with E-state index < -0.39 is 15.3 Å². The SMILES string of the molecule is CC(C)CCOCCNS(=O)(=O)C(C)CNC1CC1. The highest BCUT2D eigenvalue weighted by Crippen LogP contribution is 2.18. The van der Waals surface area contributed by atoms with Crippen LogP contribution in [-0.4, -0.2) is 46.0 Å². The maximum Gasteiger partial charge on any atom is 0.215 e. The summed E-state index contributed by atoms with van der Waals surface area (Å²) in [6.45, 7) is 8.02. The molecule has 1 atom stereocenters. The second kappa shape index (κ2) is 8.19. The first-order chi connectivity index (χ1) is 8.92. The van der Waals surface area contributed by atoms with Crippen molar-refractivity contribution in [3.8, 4) is 0 Å². The Labute approximate surface area is 117 Å². The molecule has 0 heterocycles. The summed E-state index contributed by atoms with van der Waals surface area (Å²) in [6.07, 6.45) is 3.35. The average molecular weight is 292 g/mol. The molecule has 1 fully saturated rings. The van der Waals surface area contributed by atoms with Gasteiger partial charge in [0.25, 0.3) is 0 Å². The zero-order chi connectivity index (χ0) is 14.3. The maximum atomic E-state index is 11.9. The van der Waals surface area contributed by atoms with Crippen molar-refractivity contribution in [2.75, 3.05) is 26.3 Å². The van der Waals surface area contributed by atoms with E-state index in [0.717, 1.165) is 6.42 Å². The van der Waals surface area contributed by atoms with Gasteiger partial charge < -0.3 is 10.1 Å². The molecule has 0 bridgehead atoms. The van der Waals surface area contributed by atoms with Crippen LogP contribution in [0.2, 0.25) is 0 Å². The Morgan fingerprint density at radius 2 is 1.89 bits per heavy atom. The molecule has 0 amide bonds. The summed E-state index contributed by atoms with van der Waals surface area (Å²) in [4.78, 5) is 0. The lowest BCUT2D eigenvalue weighted by molar-refractivity contribution is 0.128. The lowest BCUT2D eigenvalue weighted by atomic mass is 10.1. The number of hydrogen-bond donors (Lipinski definition) is 2. The molecule has 0 saturated heterocycles. The van der Waals surface area contributed by atoms with E-state index in [1.807, 2.05) is 0 Å². The van der Waals surface area contributed by atoms with Crippen LogP contribution >= 0.6 is 0 Å². The summed E-state index contributed by atoms with van der Waals surface area (Å²) in [5.41, 5.74) is 0. The van der Waals surface area contributed by atoms with Crippen LogP contribution in [0.1, 0.15) is 40.0 Å². The third-order valence-electron chi connectivity index (χ3n) is 3.19. The third kappa shape index (κ3) is 7.87. The van der Waals surface area contributed by atoms with E-state index in [0.29, 0.717) is 38.3 Å². The summed E-state index contributed by atoms with van der Waals surface area (Å²) < 4.78 is 31.8. The van der Waals surface area contributed by atoms with E-state index in [2.05, 4.69) is 23.9 Å². The van der Waals surface area contributed by atoms with E-state index in [1.54, 1.807) is 6.92 Å². The molecule has 0 radical (unpaired) electrons. The minimum Gasteiger partial charge on any atom is -0.380 e. The Morgan fingerprint density at radius 1 is 1.21 bits per heavy atom. The highest BCUT2D eigenvalue weighted by atomic mass is 32.2. The number of sulfonamides is 1. The predicted octanol–water partition coefficient (Wildman–Crippen LogP) is 1.11. The van der Waals surface area contributed by atoms with Crippen molar-refractivity contribution in [2.24, 2.45) is 5.92 Å². The van der Waals surface area contributed by atoms with E-state index in [1.165, 1.54) is 12.8 Å². The molecule has 1 saturated carbocycles. The van der Waals surface area contributed by atoms with Gasteiger partial charge >= 0.3 is 0 Å². The Balaban J connectivity index is 2.07. The van der Waals surface area contributed by atoms with E-state index in [4.69, 9.17) is 4.74 Å². The van der Waals surface area contributed by atoms with Crippen molar-refractivity contribution in [3.05, 3.63) is 0 Å². The molecular formula is C13H28N2O3S. The van der Waals surface area contributed by atoms with Crippen molar-refractivity contribution >= 4 is 10.0 Å². The first-order valence-electron chi connectivity index (χ1n) is 7.21. The van der Waals surface area contributed by atoms with Gasteiger partial charge in [0.1, 0.15) is 0 Å². The lowest BCUT2D eigenvalue weighted by Crippen LogP contribution is -2.40. The molecule has 6 heteroatoms. The van der Waals surface area contributed by atoms with Crippen LogP contribution in [0.5, 0.6) is 0 Å². The first-order valence-corrected chi connectivity index (χ1v) is 8.76. The van der Waals surface area contributed by atoms with Gasteiger partial charge in [-0.15, -0.1) is 0 Å². The summed E-state index contributed by atoms with van der Waals surface area (Å²) in [6, 6.07) is 0.539. The normalized spacial score (nSPS) is 17.9. The predicted molar refractivity (Wildman–Crippen MR) is 77.7 cm³/mol. The number of nitrogens with one attached hydrogen (secondary N) is 2. The first kappa shape index (κ1) is 16.9. The second-order valence-electron chi connectivity index (χ2n) is 5.73. The molecule has 0 aromatic heterocycles. The van der Waals surface area contributed by atoms with Gasteiger partial charge in [-0.25, -0.2) is 13.1 Å². The van der Waals surface area contributed by atoms with Crippen LogP contribution < -0.4 is 10.0 Å². The van der Waals surface area contributed by atoms with Gasteiger partial charge in [-0.3, -0.25) is 0 Å². The highest BCUT2D eigenvalue weighted by molar-refractivity contribution is 7.90. The molecule has 0 aromatic rings. The Bertz CT molecular complexity index is 340. The molecule has 0 spiro atoms. The molecule has 1 rings (SSSR count). The molecule has 1 aliphatic rings. The van der Waals surface area contributed by atoms with Crippen LogP contribution in [0, 0.1) is 5.92 Å². The Kier molecular flexibility index (Phi) is 7.28. The number of ether oxygens (including phenoxy) is 1. The largest absolute Gasteiger partial charge is 0.380 e. The van der Waals surface area contributed by atoms with E-state index in [9.17, 15) is 8.42 Å². The molecule has 19 heavy (non-hydrogen) atoms. The smallest absolute Gasteiger partial charge is 0.215 e. The zero-order valence-electron chi connectivity index (χ0n) is 12.3. The van der Waals surface area contributed by atoms with Gasteiger partial charge in [0, 0.05) is 25.7 Å². The summed E-state index contributed by atoms with van der Waals surface area (Å²) in [5.74, 6) is 0.616. The summed E-state index contributed by atoms with van der Waals surface area (Å²) in [7, 11) is -3.22. The monoisotopic (exact) mass is 292 g/mol. The molecular weight excluding hydrogens is 264 g/mol. The fraction of sp³-hybridized carbons (Fsp3) is 1.00. The number of rotatable bonds is 11. The van der Waals surface area contributed by atoms with Crippen molar-refractivity contribution in [3.63, 3.8) is 0 Å². The fourth-order valence-electron chi connectivity index (χ4n) is 1.55. The van der Waals surface area contributed by atoms with Gasteiger partial charge in [0.15, 0.2) is 0 Å². The fourth-order valence-corrected chi connectivity index (χ4v) is 2.52. The summed E-state index contributed by atoms with van der Waals surface area (Å²) in [5, 5.41) is 2.84. The van der Waals surface area contributed by atoms with Gasteiger partial charge in [-0.05, 0) is 32.1 Å². The van der Waals surface area contributed by atoms with E-state index >= 15 is 0 Å². The summed E-state index contributed by atoms with van der Waals surface area (Å²) >= 11 is 0. The maximum absolute atomic E-state index is 11.9. The van der Waals surface area contributed by atoms with Crippen LogP contribution in [0.3, 0.4) is 0 Å². The zero-order valence-corrected chi connectivity index (χ0v) is 13.1. The average Bonchev–Trinajstić information content (AvgIpc) is 3.14. The van der Waals surface area contributed by atoms with Gasteiger partial charge in [-0.1, -0.05) is 13.8 Å². The van der Waals surface area contributed by atoms with Gasteiger partial charge in [-0.2, -0.15) is 0 Å². The minimum atomic E-state index is -3.22. The quantitative estimate of drug-likeness (QED) is 0.560. The van der Waals surface area contributed by atoms with E-state index in [-0.39, 0.29) is 0 Å². The van der Waals surface area contributed by atoms with Gasteiger partial charge in [0.05, 0.1) is 11.9 Å². The molecule has 5 nitrogen and oxygen atoms in total. The Hall–Kier alpha value is -0.170. The third-order valence-corrected chi connectivity index (χ3v) is 5.02. The van der Waals surface area contributed by atoms with Crippen molar-refractivity contribution in [2.45, 2.75) is 51.3 Å². The standard InChI is InChI=1S/C13H28N2O3S/c1-11(2)6-8-18-9-7-15-19(16,17)12(3)10-14-13-4-5-13/h11-15H,4-10H2,1-3H3. The van der Waals surface area contributed by atoms with Crippen LogP contribution in [0.25, 0.3) is 0 Å². The molecule has 0 aromatic carbocycles. The van der Waals surface area contributed by atoms with Crippen molar-refractivity contribution < 1.29 is 13.2 Å². The molecule has 114 valence electrons. The molecule has 1 unspecified atom stereocenters.